The van der Waals surface area contributed by atoms with Gasteiger partial charge in [0, 0.05) is 6.20 Å². The minimum Gasteiger partial charge on any atom is -0.462 e. The number of nitrogens with zero attached hydrogens (tertiary/aromatic N) is 1. The molecule has 0 radical (unpaired) electrons. The summed E-state index contributed by atoms with van der Waals surface area (Å²) in [5.74, 6) is -0.380. The second kappa shape index (κ2) is 6.23. The van der Waals surface area contributed by atoms with Gasteiger partial charge in [-0.15, -0.1) is 0 Å². The lowest BCUT2D eigenvalue weighted by molar-refractivity contribution is 0.0525. The highest BCUT2D eigenvalue weighted by Crippen LogP contribution is 2.17. The van der Waals surface area contributed by atoms with Crippen LogP contribution in [-0.4, -0.2) is 22.7 Å². The Morgan fingerprint density at radius 2 is 2.31 bits per heavy atom. The Hall–Kier alpha value is -1.42. The second-order valence-corrected chi connectivity index (χ2v) is 3.49. The van der Waals surface area contributed by atoms with Gasteiger partial charge in [0.05, 0.1) is 24.0 Å². The van der Waals surface area contributed by atoms with Crippen molar-refractivity contribution in [3.05, 3.63) is 29.6 Å². The van der Waals surface area contributed by atoms with Crippen molar-refractivity contribution in [2.24, 2.45) is 0 Å². The lowest BCUT2D eigenvalue weighted by Crippen LogP contribution is -2.07. The predicted molar refractivity (Wildman–Crippen MR) is 60.1 cm³/mol. The van der Waals surface area contributed by atoms with Gasteiger partial charge >= 0.3 is 5.97 Å². The van der Waals surface area contributed by atoms with Crippen LogP contribution in [0, 0.1) is 0 Å². The molecular weight excluding hydrogens is 206 g/mol. The van der Waals surface area contributed by atoms with Crippen molar-refractivity contribution in [1.82, 2.24) is 4.98 Å². The van der Waals surface area contributed by atoms with Crippen LogP contribution in [0.15, 0.2) is 18.3 Å². The number of hydrogen-bond donors (Lipinski definition) is 1. The van der Waals surface area contributed by atoms with Gasteiger partial charge in [0.15, 0.2) is 0 Å². The standard InChI is InChI=1S/C12H17NO3/c1-3-5-11(14)10-8-9(6-7-13-10)12(15)16-4-2/h6-8,11,14H,3-5H2,1-2H3. The van der Waals surface area contributed by atoms with Crippen LogP contribution < -0.4 is 0 Å². The smallest absolute Gasteiger partial charge is 0.338 e. The topological polar surface area (TPSA) is 59.4 Å². The zero-order valence-electron chi connectivity index (χ0n) is 9.64. The van der Waals surface area contributed by atoms with Crippen LogP contribution in [0.2, 0.25) is 0 Å². The average molecular weight is 223 g/mol. The number of aliphatic hydroxyl groups excluding tert-OH is 1. The van der Waals surface area contributed by atoms with Crippen LogP contribution in [0.5, 0.6) is 0 Å². The Morgan fingerprint density at radius 1 is 1.56 bits per heavy atom. The summed E-state index contributed by atoms with van der Waals surface area (Å²) in [6, 6.07) is 3.17. The van der Waals surface area contributed by atoms with Crippen LogP contribution in [0.1, 0.15) is 48.8 Å². The highest BCUT2D eigenvalue weighted by molar-refractivity contribution is 5.89. The van der Waals surface area contributed by atoms with Crippen molar-refractivity contribution >= 4 is 5.97 Å². The Labute approximate surface area is 95.3 Å². The van der Waals surface area contributed by atoms with E-state index in [1.807, 2.05) is 6.92 Å². The fourth-order valence-corrected chi connectivity index (χ4v) is 1.39. The normalized spacial score (nSPS) is 12.2. The molecule has 1 N–H and O–H groups in total. The van der Waals surface area contributed by atoms with Gasteiger partial charge in [-0.25, -0.2) is 4.79 Å². The fraction of sp³-hybridized carbons (Fsp3) is 0.500. The van der Waals surface area contributed by atoms with Gasteiger partial charge in [0.25, 0.3) is 0 Å². The molecule has 1 unspecified atom stereocenters. The molecule has 1 aromatic heterocycles. The van der Waals surface area contributed by atoms with E-state index in [1.165, 1.54) is 6.20 Å². The molecule has 1 aromatic rings. The second-order valence-electron chi connectivity index (χ2n) is 3.49. The minimum absolute atomic E-state index is 0.341. The van der Waals surface area contributed by atoms with Crippen molar-refractivity contribution < 1.29 is 14.6 Å². The van der Waals surface area contributed by atoms with Crippen LogP contribution in [0.4, 0.5) is 0 Å². The monoisotopic (exact) mass is 223 g/mol. The summed E-state index contributed by atoms with van der Waals surface area (Å²) in [4.78, 5) is 15.5. The number of hydrogen-bond acceptors (Lipinski definition) is 4. The summed E-state index contributed by atoms with van der Waals surface area (Å²) in [6.45, 7) is 4.08. The highest BCUT2D eigenvalue weighted by Gasteiger charge is 2.12. The van der Waals surface area contributed by atoms with E-state index in [0.717, 1.165) is 6.42 Å². The first kappa shape index (κ1) is 12.6. The fourth-order valence-electron chi connectivity index (χ4n) is 1.39. The number of carbonyl (C=O) groups is 1. The molecule has 0 aromatic carbocycles. The quantitative estimate of drug-likeness (QED) is 0.776. The number of rotatable bonds is 5. The molecule has 16 heavy (non-hydrogen) atoms. The van der Waals surface area contributed by atoms with Gasteiger partial charge < -0.3 is 9.84 Å². The molecular formula is C12H17NO3. The third-order valence-electron chi connectivity index (χ3n) is 2.20. The number of aromatic nitrogens is 1. The van der Waals surface area contributed by atoms with Gasteiger partial charge in [-0.1, -0.05) is 13.3 Å². The van der Waals surface area contributed by atoms with Crippen molar-refractivity contribution in [2.75, 3.05) is 6.61 Å². The van der Waals surface area contributed by atoms with Crippen molar-refractivity contribution in [3.8, 4) is 0 Å². The molecule has 1 rings (SSSR count). The summed E-state index contributed by atoms with van der Waals surface area (Å²) in [7, 11) is 0. The maximum absolute atomic E-state index is 11.4. The first-order valence-electron chi connectivity index (χ1n) is 5.50. The van der Waals surface area contributed by atoms with Crippen LogP contribution in [0.25, 0.3) is 0 Å². The predicted octanol–water partition coefficient (Wildman–Crippen LogP) is 2.09. The maximum atomic E-state index is 11.4. The summed E-state index contributed by atoms with van der Waals surface area (Å²) >= 11 is 0. The Balaban J connectivity index is 2.82. The number of esters is 1. The van der Waals surface area contributed by atoms with Crippen LogP contribution in [-0.2, 0) is 4.74 Å². The van der Waals surface area contributed by atoms with E-state index in [-0.39, 0.29) is 5.97 Å². The summed E-state index contributed by atoms with van der Waals surface area (Å²) < 4.78 is 4.87. The Kier molecular flexibility index (Phi) is 4.92. The van der Waals surface area contributed by atoms with E-state index in [2.05, 4.69) is 4.98 Å². The molecule has 0 aliphatic rings. The van der Waals surface area contributed by atoms with Crippen molar-refractivity contribution in [2.45, 2.75) is 32.8 Å². The summed E-state index contributed by atoms with van der Waals surface area (Å²) in [5.41, 5.74) is 0.953. The maximum Gasteiger partial charge on any atom is 0.338 e. The highest BCUT2D eigenvalue weighted by atomic mass is 16.5. The molecule has 4 heteroatoms. The SMILES string of the molecule is CCCC(O)c1cc(C(=O)OCC)ccn1. The minimum atomic E-state index is -0.612. The summed E-state index contributed by atoms with van der Waals surface area (Å²) in [5, 5.41) is 9.74. The van der Waals surface area contributed by atoms with Crippen molar-refractivity contribution in [3.63, 3.8) is 0 Å². The zero-order chi connectivity index (χ0) is 12.0. The third kappa shape index (κ3) is 3.31. The van der Waals surface area contributed by atoms with Crippen molar-refractivity contribution in [1.29, 1.82) is 0 Å². The zero-order valence-corrected chi connectivity index (χ0v) is 9.64. The van der Waals surface area contributed by atoms with E-state index in [1.54, 1.807) is 19.1 Å². The van der Waals surface area contributed by atoms with E-state index >= 15 is 0 Å². The summed E-state index contributed by atoms with van der Waals surface area (Å²) in [6.07, 6.45) is 2.41. The van der Waals surface area contributed by atoms with Gasteiger partial charge in [0.2, 0.25) is 0 Å². The number of ether oxygens (including phenoxy) is 1. The third-order valence-corrected chi connectivity index (χ3v) is 2.20. The van der Waals surface area contributed by atoms with Gasteiger partial charge in [-0.2, -0.15) is 0 Å². The first-order valence-corrected chi connectivity index (χ1v) is 5.50. The molecule has 0 aliphatic carbocycles. The number of aliphatic hydroxyl groups is 1. The molecule has 0 saturated heterocycles. The van der Waals surface area contributed by atoms with E-state index < -0.39 is 6.10 Å². The Morgan fingerprint density at radius 3 is 2.94 bits per heavy atom. The molecule has 4 nitrogen and oxygen atoms in total. The largest absolute Gasteiger partial charge is 0.462 e. The Bertz CT molecular complexity index is 352. The molecule has 0 fully saturated rings. The molecule has 88 valence electrons. The van der Waals surface area contributed by atoms with Crippen LogP contribution >= 0.6 is 0 Å². The molecule has 0 spiro atoms. The van der Waals surface area contributed by atoms with Gasteiger partial charge in [0.1, 0.15) is 0 Å². The van der Waals surface area contributed by atoms with Gasteiger partial charge in [-0.3, -0.25) is 4.98 Å². The average Bonchev–Trinajstić information content (AvgIpc) is 2.30. The molecule has 0 aliphatic heterocycles. The lowest BCUT2D eigenvalue weighted by atomic mass is 10.1. The number of pyridine rings is 1. The first-order chi connectivity index (χ1) is 7.69. The number of carbonyl (C=O) groups excluding carboxylic acids is 1. The molecule has 1 atom stereocenters. The molecule has 1 heterocycles. The molecule has 0 bridgehead atoms. The van der Waals surface area contributed by atoms with E-state index in [9.17, 15) is 9.90 Å². The van der Waals surface area contributed by atoms with E-state index in [0.29, 0.717) is 24.3 Å². The van der Waals surface area contributed by atoms with Crippen LogP contribution in [0.3, 0.4) is 0 Å². The van der Waals surface area contributed by atoms with E-state index in [4.69, 9.17) is 4.74 Å². The van der Waals surface area contributed by atoms with Gasteiger partial charge in [-0.05, 0) is 25.5 Å². The molecule has 0 amide bonds. The lowest BCUT2D eigenvalue weighted by Gasteiger charge is -2.09. The molecule has 0 saturated carbocycles.